The van der Waals surface area contributed by atoms with Crippen LogP contribution in [0.15, 0.2) is 12.4 Å². The molecule has 0 unspecified atom stereocenters. The van der Waals surface area contributed by atoms with Gasteiger partial charge in [-0.1, -0.05) is 11.6 Å². The van der Waals surface area contributed by atoms with Crippen LogP contribution in [0.5, 0.6) is 0 Å². The third-order valence-electron chi connectivity index (χ3n) is 3.11. The van der Waals surface area contributed by atoms with Gasteiger partial charge in [-0.15, -0.1) is 0 Å². The summed E-state index contributed by atoms with van der Waals surface area (Å²) in [6, 6.07) is 0.128. The molecule has 1 aromatic heterocycles. The van der Waals surface area contributed by atoms with Gasteiger partial charge in [-0.3, -0.25) is 0 Å². The highest BCUT2D eigenvalue weighted by Crippen LogP contribution is 2.17. The van der Waals surface area contributed by atoms with E-state index in [0.717, 1.165) is 25.9 Å². The number of ether oxygens (including phenoxy) is 1. The van der Waals surface area contributed by atoms with Gasteiger partial charge < -0.3 is 15.0 Å². The summed E-state index contributed by atoms with van der Waals surface area (Å²) in [4.78, 5) is 22.2. The lowest BCUT2D eigenvalue weighted by molar-refractivity contribution is 0.0497. The van der Waals surface area contributed by atoms with Crippen molar-refractivity contribution in [3.05, 3.63) is 17.4 Å². The van der Waals surface area contributed by atoms with Crippen LogP contribution < -0.4 is 10.2 Å². The Kier molecular flexibility index (Phi) is 4.88. The van der Waals surface area contributed by atoms with Crippen LogP contribution in [0.4, 0.5) is 10.7 Å². The summed E-state index contributed by atoms with van der Waals surface area (Å²) >= 11 is 5.78. The topological polar surface area (TPSA) is 67.3 Å². The lowest BCUT2D eigenvalue weighted by Gasteiger charge is -2.32. The third-order valence-corrected chi connectivity index (χ3v) is 3.30. The van der Waals surface area contributed by atoms with Crippen molar-refractivity contribution in [2.45, 2.75) is 45.3 Å². The number of rotatable bonds is 2. The fraction of sp³-hybridized carbons (Fsp3) is 0.643. The zero-order valence-corrected chi connectivity index (χ0v) is 13.4. The summed E-state index contributed by atoms with van der Waals surface area (Å²) in [5, 5.41) is 3.43. The molecule has 116 valence electrons. The molecule has 0 aromatic carbocycles. The number of piperidine rings is 1. The largest absolute Gasteiger partial charge is 0.444 e. The Labute approximate surface area is 129 Å². The van der Waals surface area contributed by atoms with Crippen LogP contribution >= 0.6 is 11.6 Å². The van der Waals surface area contributed by atoms with Crippen molar-refractivity contribution in [2.24, 2.45) is 0 Å². The predicted octanol–water partition coefficient (Wildman–Crippen LogP) is 2.62. The number of nitrogens with one attached hydrogen (secondary N) is 1. The van der Waals surface area contributed by atoms with Gasteiger partial charge in [0.25, 0.3) is 0 Å². The summed E-state index contributed by atoms with van der Waals surface area (Å²) in [5.74, 6) is 0.676. The molecule has 1 saturated heterocycles. The fourth-order valence-corrected chi connectivity index (χ4v) is 2.26. The molecule has 1 aliphatic rings. The molecule has 0 spiro atoms. The standard InChI is InChI=1S/C14H21ClN4O2/c1-14(2,3)21-13(20)18-11-4-6-19(7-5-11)12-16-8-10(15)9-17-12/h8-9,11H,4-7H2,1-3H3,(H,18,20). The van der Waals surface area contributed by atoms with E-state index in [1.165, 1.54) is 0 Å². The van der Waals surface area contributed by atoms with Crippen LogP contribution in [0.1, 0.15) is 33.6 Å². The second-order valence-corrected chi connectivity index (χ2v) is 6.55. The Bertz CT molecular complexity index is 479. The molecule has 2 heterocycles. The number of alkyl carbamates (subject to hydrolysis) is 1. The van der Waals surface area contributed by atoms with Crippen LogP contribution in [-0.4, -0.2) is 40.8 Å². The molecule has 0 aliphatic carbocycles. The molecule has 1 aromatic rings. The lowest BCUT2D eigenvalue weighted by Crippen LogP contribution is -2.46. The molecule has 7 heteroatoms. The number of hydrogen-bond donors (Lipinski definition) is 1. The Morgan fingerprint density at radius 3 is 2.43 bits per heavy atom. The highest BCUT2D eigenvalue weighted by atomic mass is 35.5. The van der Waals surface area contributed by atoms with Gasteiger partial charge in [0.2, 0.25) is 5.95 Å². The van der Waals surface area contributed by atoms with Crippen molar-refractivity contribution < 1.29 is 9.53 Å². The molecule has 1 fully saturated rings. The van der Waals surface area contributed by atoms with E-state index in [1.807, 2.05) is 20.8 Å². The minimum absolute atomic E-state index is 0.128. The lowest BCUT2D eigenvalue weighted by atomic mass is 10.1. The Balaban J connectivity index is 1.80. The second-order valence-electron chi connectivity index (χ2n) is 6.11. The quantitative estimate of drug-likeness (QED) is 0.909. The average Bonchev–Trinajstić information content (AvgIpc) is 2.38. The van der Waals surface area contributed by atoms with Gasteiger partial charge in [-0.2, -0.15) is 0 Å². The maximum atomic E-state index is 11.7. The Hall–Kier alpha value is -1.56. The van der Waals surface area contributed by atoms with E-state index in [4.69, 9.17) is 16.3 Å². The van der Waals surface area contributed by atoms with Crippen molar-refractivity contribution in [3.8, 4) is 0 Å². The van der Waals surface area contributed by atoms with Gasteiger partial charge in [0, 0.05) is 19.1 Å². The minimum atomic E-state index is -0.470. The first-order valence-electron chi connectivity index (χ1n) is 7.05. The van der Waals surface area contributed by atoms with Crippen molar-refractivity contribution in [2.75, 3.05) is 18.0 Å². The Morgan fingerprint density at radius 2 is 1.90 bits per heavy atom. The van der Waals surface area contributed by atoms with E-state index >= 15 is 0 Å². The number of anilines is 1. The number of hydrogen-bond acceptors (Lipinski definition) is 5. The van der Waals surface area contributed by atoms with Crippen molar-refractivity contribution in [3.63, 3.8) is 0 Å². The van der Waals surface area contributed by atoms with Crippen molar-refractivity contribution in [1.82, 2.24) is 15.3 Å². The molecule has 0 saturated carbocycles. The molecular weight excluding hydrogens is 292 g/mol. The summed E-state index contributed by atoms with van der Waals surface area (Å²) < 4.78 is 5.26. The number of halogens is 1. The summed E-state index contributed by atoms with van der Waals surface area (Å²) in [5.41, 5.74) is -0.470. The van der Waals surface area contributed by atoms with Gasteiger partial charge in [0.1, 0.15) is 5.60 Å². The van der Waals surface area contributed by atoms with Gasteiger partial charge >= 0.3 is 6.09 Å². The SMILES string of the molecule is CC(C)(C)OC(=O)NC1CCN(c2ncc(Cl)cn2)CC1. The minimum Gasteiger partial charge on any atom is -0.444 e. The monoisotopic (exact) mass is 312 g/mol. The summed E-state index contributed by atoms with van der Waals surface area (Å²) in [6.45, 7) is 7.15. The maximum Gasteiger partial charge on any atom is 0.407 e. The first-order chi connectivity index (χ1) is 9.83. The van der Waals surface area contributed by atoms with Crippen LogP contribution in [0.25, 0.3) is 0 Å². The molecule has 1 N–H and O–H groups in total. The van der Waals surface area contributed by atoms with E-state index in [-0.39, 0.29) is 12.1 Å². The zero-order chi connectivity index (χ0) is 15.5. The predicted molar refractivity (Wildman–Crippen MR) is 81.6 cm³/mol. The van der Waals surface area contributed by atoms with E-state index in [0.29, 0.717) is 11.0 Å². The van der Waals surface area contributed by atoms with Crippen LogP contribution in [0.2, 0.25) is 5.02 Å². The smallest absolute Gasteiger partial charge is 0.407 e. The highest BCUT2D eigenvalue weighted by Gasteiger charge is 2.24. The number of amides is 1. The average molecular weight is 313 g/mol. The number of aromatic nitrogens is 2. The molecule has 21 heavy (non-hydrogen) atoms. The van der Waals surface area contributed by atoms with E-state index in [9.17, 15) is 4.79 Å². The fourth-order valence-electron chi connectivity index (χ4n) is 2.17. The summed E-state index contributed by atoms with van der Waals surface area (Å²) in [6.07, 6.45) is 4.50. The van der Waals surface area contributed by atoms with Crippen molar-refractivity contribution >= 4 is 23.6 Å². The molecule has 0 atom stereocenters. The first kappa shape index (κ1) is 15.8. The van der Waals surface area contributed by atoms with E-state index < -0.39 is 5.60 Å². The van der Waals surface area contributed by atoms with Gasteiger partial charge in [0.15, 0.2) is 0 Å². The molecule has 2 rings (SSSR count). The highest BCUT2D eigenvalue weighted by molar-refractivity contribution is 6.30. The number of carbonyl (C=O) groups excluding carboxylic acids is 1. The normalized spacial score (nSPS) is 16.7. The zero-order valence-electron chi connectivity index (χ0n) is 12.6. The van der Waals surface area contributed by atoms with Crippen LogP contribution in [0, 0.1) is 0 Å². The number of carbonyl (C=O) groups is 1. The molecule has 0 radical (unpaired) electrons. The second kappa shape index (κ2) is 6.47. The molecular formula is C14H21ClN4O2. The van der Waals surface area contributed by atoms with E-state index in [2.05, 4.69) is 20.2 Å². The molecule has 1 aliphatic heterocycles. The summed E-state index contributed by atoms with van der Waals surface area (Å²) in [7, 11) is 0. The third kappa shape index (κ3) is 5.04. The Morgan fingerprint density at radius 1 is 1.33 bits per heavy atom. The molecule has 6 nitrogen and oxygen atoms in total. The number of nitrogens with zero attached hydrogens (tertiary/aromatic N) is 3. The van der Waals surface area contributed by atoms with Crippen LogP contribution in [0.3, 0.4) is 0 Å². The van der Waals surface area contributed by atoms with Gasteiger partial charge in [0.05, 0.1) is 17.4 Å². The van der Waals surface area contributed by atoms with E-state index in [1.54, 1.807) is 12.4 Å². The first-order valence-corrected chi connectivity index (χ1v) is 7.43. The molecule has 1 amide bonds. The molecule has 0 bridgehead atoms. The van der Waals surface area contributed by atoms with Gasteiger partial charge in [-0.25, -0.2) is 14.8 Å². The maximum absolute atomic E-state index is 11.7. The van der Waals surface area contributed by atoms with Gasteiger partial charge in [-0.05, 0) is 33.6 Å². The van der Waals surface area contributed by atoms with Crippen molar-refractivity contribution in [1.29, 1.82) is 0 Å². The van der Waals surface area contributed by atoms with Crippen LogP contribution in [-0.2, 0) is 4.74 Å².